The summed E-state index contributed by atoms with van der Waals surface area (Å²) in [5.74, 6) is 1.43. The number of hydrogen-bond acceptors (Lipinski definition) is 7. The Bertz CT molecular complexity index is 1130. The minimum Gasteiger partial charge on any atom is -0.497 e. The quantitative estimate of drug-likeness (QED) is 0.516. The highest BCUT2D eigenvalue weighted by Crippen LogP contribution is 2.31. The highest BCUT2D eigenvalue weighted by atomic mass is 32.1. The third-order valence-electron chi connectivity index (χ3n) is 4.30. The monoisotopic (exact) mass is 435 g/mol. The van der Waals surface area contributed by atoms with Crippen molar-refractivity contribution >= 4 is 28.5 Å². The molecule has 1 N–H and O–H groups in total. The zero-order valence-corrected chi connectivity index (χ0v) is 18.2. The van der Waals surface area contributed by atoms with Crippen molar-refractivity contribution in [2.45, 2.75) is 6.92 Å². The Hall–Kier alpha value is -3.83. The van der Waals surface area contributed by atoms with Crippen LogP contribution in [-0.2, 0) is 4.79 Å². The number of methoxy groups -OCH3 is 2. The molecule has 0 bridgehead atoms. The Labute approximate surface area is 184 Å². The van der Waals surface area contributed by atoms with Crippen LogP contribution in [0.5, 0.6) is 17.2 Å². The molecule has 1 heterocycles. The van der Waals surface area contributed by atoms with Crippen LogP contribution < -0.4 is 19.5 Å². The second-order valence-corrected chi connectivity index (χ2v) is 7.54. The average Bonchev–Trinajstić information content (AvgIpc) is 3.16. The fourth-order valence-corrected chi connectivity index (χ4v) is 3.64. The van der Waals surface area contributed by atoms with Gasteiger partial charge in [-0.2, -0.15) is 5.26 Å². The van der Waals surface area contributed by atoms with E-state index in [1.165, 1.54) is 24.5 Å². The van der Waals surface area contributed by atoms with Gasteiger partial charge in [0.15, 0.2) is 23.2 Å². The van der Waals surface area contributed by atoms with Crippen molar-refractivity contribution in [3.8, 4) is 34.6 Å². The lowest BCUT2D eigenvalue weighted by Gasteiger charge is -2.08. The molecule has 3 rings (SSSR count). The molecule has 1 aromatic heterocycles. The van der Waals surface area contributed by atoms with Crippen LogP contribution in [0, 0.1) is 18.3 Å². The predicted molar refractivity (Wildman–Crippen MR) is 121 cm³/mol. The lowest BCUT2D eigenvalue weighted by Crippen LogP contribution is -2.07. The summed E-state index contributed by atoms with van der Waals surface area (Å²) < 4.78 is 15.8. The van der Waals surface area contributed by atoms with Crippen LogP contribution in [0.3, 0.4) is 0 Å². The zero-order chi connectivity index (χ0) is 22.2. The maximum Gasteiger partial charge on any atom is 0.250 e. The fourth-order valence-electron chi connectivity index (χ4n) is 2.80. The van der Waals surface area contributed by atoms with Crippen LogP contribution in [0.4, 0.5) is 5.13 Å². The van der Waals surface area contributed by atoms with E-state index in [1.54, 1.807) is 31.4 Å². The summed E-state index contributed by atoms with van der Waals surface area (Å²) in [7, 11) is 3.14. The third kappa shape index (κ3) is 5.62. The molecule has 0 spiro atoms. The van der Waals surface area contributed by atoms with Crippen LogP contribution in [0.15, 0.2) is 48.5 Å². The molecule has 31 heavy (non-hydrogen) atoms. The van der Waals surface area contributed by atoms with E-state index < -0.39 is 0 Å². The van der Waals surface area contributed by atoms with Crippen molar-refractivity contribution in [3.63, 3.8) is 0 Å². The number of nitrogens with zero attached hydrogens (tertiary/aromatic N) is 2. The second-order valence-electron chi connectivity index (χ2n) is 6.33. The van der Waals surface area contributed by atoms with Gasteiger partial charge in [-0.3, -0.25) is 10.1 Å². The van der Waals surface area contributed by atoms with Crippen molar-refractivity contribution in [1.29, 1.82) is 5.26 Å². The van der Waals surface area contributed by atoms with E-state index in [0.29, 0.717) is 16.6 Å². The number of nitrogens with one attached hydrogen (secondary N) is 1. The number of carbonyl (C=O) groups excluding carboxylic acids is 1. The number of carbonyl (C=O) groups is 1. The highest BCUT2D eigenvalue weighted by molar-refractivity contribution is 7.16. The summed E-state index contributed by atoms with van der Waals surface area (Å²) in [6, 6.07) is 14.7. The van der Waals surface area contributed by atoms with Crippen molar-refractivity contribution in [2.24, 2.45) is 0 Å². The van der Waals surface area contributed by atoms with Gasteiger partial charge in [-0.15, -0.1) is 11.3 Å². The first kappa shape index (κ1) is 21.9. The molecule has 158 valence electrons. The number of thiazole rings is 1. The van der Waals surface area contributed by atoms with Gasteiger partial charge in [-0.25, -0.2) is 4.98 Å². The summed E-state index contributed by atoms with van der Waals surface area (Å²) >= 11 is 1.41. The molecule has 0 aliphatic carbocycles. The smallest absolute Gasteiger partial charge is 0.250 e. The number of aromatic nitrogens is 1. The third-order valence-corrected chi connectivity index (χ3v) is 5.18. The lowest BCUT2D eigenvalue weighted by atomic mass is 10.1. The molecular weight excluding hydrogens is 414 g/mol. The van der Waals surface area contributed by atoms with Crippen molar-refractivity contribution < 1.29 is 19.0 Å². The minimum atomic E-state index is -0.293. The van der Waals surface area contributed by atoms with E-state index in [9.17, 15) is 4.79 Å². The standard InChI is InChI=1S/C23H21N3O4S/c1-15-22(17-6-8-18(28-2)9-7-17)26-23(31-15)25-21(27)11-5-16-4-10-19(30-13-12-24)20(14-16)29-3/h4-11,14H,13H2,1-3H3,(H,25,26,27)/b11-5-. The number of ether oxygens (including phenoxy) is 3. The molecule has 8 heteroatoms. The van der Waals surface area contributed by atoms with Gasteiger partial charge in [0.1, 0.15) is 11.8 Å². The maximum absolute atomic E-state index is 12.3. The first-order valence-electron chi connectivity index (χ1n) is 9.32. The molecule has 0 atom stereocenters. The average molecular weight is 436 g/mol. The largest absolute Gasteiger partial charge is 0.497 e. The van der Waals surface area contributed by atoms with Gasteiger partial charge >= 0.3 is 0 Å². The van der Waals surface area contributed by atoms with E-state index in [2.05, 4.69) is 10.3 Å². The Morgan fingerprint density at radius 1 is 1.16 bits per heavy atom. The van der Waals surface area contributed by atoms with Crippen LogP contribution in [0.1, 0.15) is 10.4 Å². The molecule has 3 aromatic rings. The van der Waals surface area contributed by atoms with E-state index in [-0.39, 0.29) is 12.5 Å². The minimum absolute atomic E-state index is 0.0697. The Morgan fingerprint density at radius 3 is 2.61 bits per heavy atom. The molecule has 0 saturated heterocycles. The lowest BCUT2D eigenvalue weighted by molar-refractivity contribution is -0.111. The van der Waals surface area contributed by atoms with Gasteiger partial charge in [0.25, 0.3) is 0 Å². The molecule has 1 amide bonds. The number of rotatable bonds is 8. The first-order chi connectivity index (χ1) is 15.0. The van der Waals surface area contributed by atoms with E-state index in [0.717, 1.165) is 27.4 Å². The molecule has 2 aromatic carbocycles. The number of aryl methyl sites for hydroxylation is 1. The number of hydrogen-bond donors (Lipinski definition) is 1. The Morgan fingerprint density at radius 2 is 1.94 bits per heavy atom. The van der Waals surface area contributed by atoms with Crippen LogP contribution in [-0.4, -0.2) is 31.7 Å². The van der Waals surface area contributed by atoms with Crippen molar-refractivity contribution in [1.82, 2.24) is 4.98 Å². The normalized spacial score (nSPS) is 10.5. The molecule has 0 saturated carbocycles. The number of nitriles is 1. The molecular formula is C23H21N3O4S. The van der Waals surface area contributed by atoms with Gasteiger partial charge in [0.05, 0.1) is 19.9 Å². The van der Waals surface area contributed by atoms with Gasteiger partial charge in [0.2, 0.25) is 5.91 Å². The number of amides is 1. The van der Waals surface area contributed by atoms with E-state index in [1.807, 2.05) is 37.3 Å². The Kier molecular flexibility index (Phi) is 7.25. The maximum atomic E-state index is 12.3. The topological polar surface area (TPSA) is 93.5 Å². The fraction of sp³-hybridized carbons (Fsp3) is 0.174. The van der Waals surface area contributed by atoms with Crippen LogP contribution in [0.25, 0.3) is 17.3 Å². The second kappa shape index (κ2) is 10.3. The first-order valence-corrected chi connectivity index (χ1v) is 10.1. The molecule has 0 fully saturated rings. The summed E-state index contributed by atoms with van der Waals surface area (Å²) in [6.07, 6.45) is 3.09. The molecule has 0 radical (unpaired) electrons. The number of benzene rings is 2. The van der Waals surface area contributed by atoms with Gasteiger partial charge in [-0.1, -0.05) is 6.07 Å². The molecule has 0 unspecified atom stereocenters. The Balaban J connectivity index is 1.68. The SMILES string of the molecule is COc1ccc(-c2nc(NC(=O)/C=C\c3ccc(OCC#N)c(OC)c3)sc2C)cc1. The molecule has 0 aliphatic heterocycles. The summed E-state index contributed by atoms with van der Waals surface area (Å²) in [6.45, 7) is 1.89. The number of anilines is 1. The van der Waals surface area contributed by atoms with E-state index in [4.69, 9.17) is 19.5 Å². The summed E-state index contributed by atoms with van der Waals surface area (Å²) in [5, 5.41) is 12.0. The van der Waals surface area contributed by atoms with Crippen LogP contribution >= 0.6 is 11.3 Å². The molecule has 7 nitrogen and oxygen atoms in total. The van der Waals surface area contributed by atoms with Gasteiger partial charge < -0.3 is 14.2 Å². The predicted octanol–water partition coefficient (Wildman–Crippen LogP) is 4.69. The van der Waals surface area contributed by atoms with Gasteiger partial charge in [-0.05, 0) is 55.0 Å². The summed E-state index contributed by atoms with van der Waals surface area (Å²) in [5.41, 5.74) is 2.53. The zero-order valence-electron chi connectivity index (χ0n) is 17.3. The van der Waals surface area contributed by atoms with Crippen LogP contribution in [0.2, 0.25) is 0 Å². The highest BCUT2D eigenvalue weighted by Gasteiger charge is 2.11. The van der Waals surface area contributed by atoms with Crippen molar-refractivity contribution in [3.05, 3.63) is 59.0 Å². The molecule has 0 aliphatic rings. The van der Waals surface area contributed by atoms with E-state index >= 15 is 0 Å². The summed E-state index contributed by atoms with van der Waals surface area (Å²) in [4.78, 5) is 17.9. The van der Waals surface area contributed by atoms with Gasteiger partial charge in [0, 0.05) is 16.5 Å². The van der Waals surface area contributed by atoms with Crippen molar-refractivity contribution in [2.75, 3.05) is 26.1 Å².